The van der Waals surface area contributed by atoms with Crippen molar-refractivity contribution in [3.05, 3.63) is 27.7 Å². The highest BCUT2D eigenvalue weighted by Gasteiger charge is 2.23. The Balaban J connectivity index is 2.17. The van der Waals surface area contributed by atoms with Crippen molar-refractivity contribution in [1.29, 1.82) is 0 Å². The Morgan fingerprint density at radius 2 is 1.95 bits per heavy atom. The van der Waals surface area contributed by atoms with Gasteiger partial charge in [0.2, 0.25) is 10.0 Å². The first-order valence-corrected chi connectivity index (χ1v) is 10.1. The number of sulfonamides is 1. The molecule has 1 aromatic carbocycles. The van der Waals surface area contributed by atoms with Crippen LogP contribution in [0, 0.1) is 5.92 Å². The van der Waals surface area contributed by atoms with E-state index in [9.17, 15) is 8.42 Å². The molecule has 1 aromatic rings. The molecule has 0 amide bonds. The molecule has 2 rings (SSSR count). The number of nitrogens with two attached hydrogens (primary N) is 1. The average Bonchev–Trinajstić information content (AvgIpc) is 2.48. The zero-order valence-electron chi connectivity index (χ0n) is 11.4. The lowest BCUT2D eigenvalue weighted by Crippen LogP contribution is -2.31. The molecule has 0 atom stereocenters. The number of halogens is 2. The quantitative estimate of drug-likeness (QED) is 0.837. The molecule has 1 aliphatic rings. The van der Waals surface area contributed by atoms with Gasteiger partial charge in [-0.25, -0.2) is 13.1 Å². The topological polar surface area (TPSA) is 72.2 Å². The molecule has 0 aliphatic carbocycles. The van der Waals surface area contributed by atoms with Crippen LogP contribution in [-0.2, 0) is 16.6 Å². The van der Waals surface area contributed by atoms with Crippen molar-refractivity contribution >= 4 is 45.0 Å². The maximum Gasteiger partial charge on any atom is 0.242 e. The molecule has 1 saturated heterocycles. The molecule has 0 saturated carbocycles. The summed E-state index contributed by atoms with van der Waals surface area (Å²) in [7, 11) is -3.67. The van der Waals surface area contributed by atoms with Crippen molar-refractivity contribution in [3.8, 4) is 0 Å². The summed E-state index contributed by atoms with van der Waals surface area (Å²) < 4.78 is 27.5. The molecular weight excluding hydrogens is 351 g/mol. The maximum absolute atomic E-state index is 12.4. The van der Waals surface area contributed by atoms with Crippen molar-refractivity contribution in [2.24, 2.45) is 11.7 Å². The molecule has 1 heterocycles. The van der Waals surface area contributed by atoms with Crippen LogP contribution in [-0.4, -0.2) is 26.5 Å². The summed E-state index contributed by atoms with van der Waals surface area (Å²) in [6.45, 7) is 0.575. The van der Waals surface area contributed by atoms with Crippen molar-refractivity contribution in [1.82, 2.24) is 4.72 Å². The molecule has 21 heavy (non-hydrogen) atoms. The number of rotatable bonds is 5. The second-order valence-corrected chi connectivity index (χ2v) is 8.76. The van der Waals surface area contributed by atoms with Crippen LogP contribution in [0.1, 0.15) is 18.4 Å². The zero-order chi connectivity index (χ0) is 15.5. The van der Waals surface area contributed by atoms with Crippen molar-refractivity contribution in [2.75, 3.05) is 18.1 Å². The molecule has 8 heteroatoms. The highest BCUT2D eigenvalue weighted by molar-refractivity contribution is 7.99. The van der Waals surface area contributed by atoms with Gasteiger partial charge in [0.15, 0.2) is 0 Å². The summed E-state index contributed by atoms with van der Waals surface area (Å²) in [6, 6.07) is 2.95. The van der Waals surface area contributed by atoms with Gasteiger partial charge in [-0.1, -0.05) is 23.2 Å². The Morgan fingerprint density at radius 1 is 1.29 bits per heavy atom. The van der Waals surface area contributed by atoms with Gasteiger partial charge in [0.25, 0.3) is 0 Å². The third-order valence-electron chi connectivity index (χ3n) is 3.49. The summed E-state index contributed by atoms with van der Waals surface area (Å²) in [5.41, 5.74) is 6.09. The fourth-order valence-electron chi connectivity index (χ4n) is 2.22. The number of hydrogen-bond donors (Lipinski definition) is 2. The smallest absolute Gasteiger partial charge is 0.242 e. The van der Waals surface area contributed by atoms with Crippen LogP contribution in [0.4, 0.5) is 0 Å². The number of nitrogens with one attached hydrogen (secondary N) is 1. The Kier molecular flexibility index (Phi) is 6.23. The highest BCUT2D eigenvalue weighted by Crippen LogP contribution is 2.29. The first kappa shape index (κ1) is 17.4. The Bertz CT molecular complexity index is 602. The van der Waals surface area contributed by atoms with Gasteiger partial charge in [-0.2, -0.15) is 11.8 Å². The first-order valence-electron chi connectivity index (χ1n) is 6.69. The van der Waals surface area contributed by atoms with Gasteiger partial charge in [0.05, 0.1) is 5.02 Å². The normalized spacial score (nSPS) is 17.1. The second-order valence-electron chi connectivity index (χ2n) is 4.99. The summed E-state index contributed by atoms with van der Waals surface area (Å²) in [6.07, 6.45) is 2.06. The standard InChI is InChI=1S/C13H18Cl2N2O2S2/c14-11-5-10(7-16)13(15)12(6-11)21(18,19)17-8-9-1-3-20-4-2-9/h5-6,9,17H,1-4,7-8,16H2. The molecule has 0 aromatic heterocycles. The van der Waals surface area contributed by atoms with E-state index in [1.165, 1.54) is 6.07 Å². The minimum absolute atomic E-state index is 0.00213. The van der Waals surface area contributed by atoms with E-state index in [4.69, 9.17) is 28.9 Å². The summed E-state index contributed by atoms with van der Waals surface area (Å²) in [5, 5.41) is 0.461. The molecule has 1 fully saturated rings. The summed E-state index contributed by atoms with van der Waals surface area (Å²) in [5.74, 6) is 2.55. The highest BCUT2D eigenvalue weighted by atomic mass is 35.5. The van der Waals surface area contributed by atoms with Gasteiger partial charge in [0, 0.05) is 18.1 Å². The van der Waals surface area contributed by atoms with Gasteiger partial charge < -0.3 is 5.73 Å². The molecule has 0 bridgehead atoms. The molecule has 118 valence electrons. The van der Waals surface area contributed by atoms with Gasteiger partial charge in [-0.3, -0.25) is 0 Å². The monoisotopic (exact) mass is 368 g/mol. The van der Waals surface area contributed by atoms with E-state index < -0.39 is 10.0 Å². The predicted molar refractivity (Wildman–Crippen MR) is 89.6 cm³/mol. The van der Waals surface area contributed by atoms with Crippen LogP contribution in [0.15, 0.2) is 17.0 Å². The number of thioether (sulfide) groups is 1. The van der Waals surface area contributed by atoms with Crippen LogP contribution in [0.2, 0.25) is 10.0 Å². The van der Waals surface area contributed by atoms with Crippen molar-refractivity contribution in [2.45, 2.75) is 24.3 Å². The Morgan fingerprint density at radius 3 is 2.57 bits per heavy atom. The molecule has 4 nitrogen and oxygen atoms in total. The van der Waals surface area contributed by atoms with E-state index in [-0.39, 0.29) is 16.5 Å². The second kappa shape index (κ2) is 7.53. The van der Waals surface area contributed by atoms with Gasteiger partial charge in [-0.05, 0) is 48.0 Å². The van der Waals surface area contributed by atoms with Gasteiger partial charge in [0.1, 0.15) is 4.90 Å². The lowest BCUT2D eigenvalue weighted by molar-refractivity contribution is 0.476. The zero-order valence-corrected chi connectivity index (χ0v) is 14.6. The fourth-order valence-corrected chi connectivity index (χ4v) is 5.48. The molecule has 0 radical (unpaired) electrons. The molecule has 1 aliphatic heterocycles. The van der Waals surface area contributed by atoms with Crippen LogP contribution in [0.5, 0.6) is 0 Å². The SMILES string of the molecule is NCc1cc(Cl)cc(S(=O)(=O)NCC2CCSCC2)c1Cl. The maximum atomic E-state index is 12.4. The minimum atomic E-state index is -3.67. The van der Waals surface area contributed by atoms with Gasteiger partial charge in [-0.15, -0.1) is 0 Å². The largest absolute Gasteiger partial charge is 0.326 e. The molecular formula is C13H18Cl2N2O2S2. The molecule has 3 N–H and O–H groups in total. The van der Waals surface area contributed by atoms with Crippen molar-refractivity contribution in [3.63, 3.8) is 0 Å². The third kappa shape index (κ3) is 4.50. The lowest BCUT2D eigenvalue weighted by atomic mass is 10.0. The minimum Gasteiger partial charge on any atom is -0.326 e. The van der Waals surface area contributed by atoms with E-state index in [1.807, 2.05) is 11.8 Å². The molecule has 0 unspecified atom stereocenters. The first-order chi connectivity index (χ1) is 9.94. The van der Waals surface area contributed by atoms with E-state index >= 15 is 0 Å². The lowest BCUT2D eigenvalue weighted by Gasteiger charge is -2.21. The Hall–Kier alpha value is 0.0200. The van der Waals surface area contributed by atoms with Gasteiger partial charge >= 0.3 is 0 Å². The van der Waals surface area contributed by atoms with E-state index in [0.29, 0.717) is 23.0 Å². The summed E-state index contributed by atoms with van der Waals surface area (Å²) >= 11 is 14.0. The van der Waals surface area contributed by atoms with Crippen LogP contribution >= 0.6 is 35.0 Å². The van der Waals surface area contributed by atoms with Crippen molar-refractivity contribution < 1.29 is 8.42 Å². The third-order valence-corrected chi connectivity index (χ3v) is 6.76. The average molecular weight is 369 g/mol. The van der Waals surface area contributed by atoms with Crippen LogP contribution < -0.4 is 10.5 Å². The van der Waals surface area contributed by atoms with E-state index in [0.717, 1.165) is 24.3 Å². The van der Waals surface area contributed by atoms with Crippen LogP contribution in [0.25, 0.3) is 0 Å². The number of hydrogen-bond acceptors (Lipinski definition) is 4. The fraction of sp³-hybridized carbons (Fsp3) is 0.538. The van der Waals surface area contributed by atoms with E-state index in [2.05, 4.69) is 4.72 Å². The number of benzene rings is 1. The molecule has 0 spiro atoms. The summed E-state index contributed by atoms with van der Waals surface area (Å²) in [4.78, 5) is 0.00213. The Labute approximate surface area is 139 Å². The van der Waals surface area contributed by atoms with Crippen LogP contribution in [0.3, 0.4) is 0 Å². The predicted octanol–water partition coefficient (Wildman–Crippen LogP) is 2.87. The van der Waals surface area contributed by atoms with E-state index in [1.54, 1.807) is 6.07 Å².